The van der Waals surface area contributed by atoms with E-state index < -0.39 is 0 Å². The third-order valence-electron chi connectivity index (χ3n) is 1.68. The third-order valence-corrected chi connectivity index (χ3v) is 1.68. The van der Waals surface area contributed by atoms with E-state index >= 15 is 0 Å². The third kappa shape index (κ3) is 3.52. The summed E-state index contributed by atoms with van der Waals surface area (Å²) in [5.41, 5.74) is 4.03. The number of hydrogen-bond donors (Lipinski definition) is 1. The minimum absolute atomic E-state index is 0.483. The van der Waals surface area contributed by atoms with Gasteiger partial charge in [0.2, 0.25) is 0 Å². The number of aliphatic imine (C=N–C) groups is 1. The van der Waals surface area contributed by atoms with Crippen molar-refractivity contribution in [3.8, 4) is 0 Å². The summed E-state index contributed by atoms with van der Waals surface area (Å²) in [7, 11) is 0. The van der Waals surface area contributed by atoms with Crippen LogP contribution in [0.5, 0.6) is 0 Å². The molecule has 0 atom stereocenters. The fourth-order valence-corrected chi connectivity index (χ4v) is 1.11. The minimum atomic E-state index is 0.483. The van der Waals surface area contributed by atoms with Gasteiger partial charge in [0.05, 0.1) is 5.70 Å². The van der Waals surface area contributed by atoms with Crippen molar-refractivity contribution < 1.29 is 0 Å². The van der Waals surface area contributed by atoms with Crippen molar-refractivity contribution in [2.45, 2.75) is 27.7 Å². The quantitative estimate of drug-likeness (QED) is 0.520. The summed E-state index contributed by atoms with van der Waals surface area (Å²) in [6, 6.07) is 0. The van der Waals surface area contributed by atoms with Gasteiger partial charge in [-0.05, 0) is 40.5 Å². The Bertz CT molecular complexity index is 326. The SMILES string of the molecule is C=NC(=C(C)C)/C(=C\C(=C)C)C(C)=N. The van der Waals surface area contributed by atoms with Gasteiger partial charge in [0.15, 0.2) is 0 Å². The second-order valence-electron chi connectivity index (χ2n) is 3.54. The first kappa shape index (κ1) is 12.6. The van der Waals surface area contributed by atoms with Crippen LogP contribution in [0, 0.1) is 5.41 Å². The molecule has 0 aromatic rings. The molecule has 0 aromatic carbocycles. The Hall–Kier alpha value is -1.44. The normalized spacial score (nSPS) is 10.7. The fourth-order valence-electron chi connectivity index (χ4n) is 1.11. The minimum Gasteiger partial charge on any atom is -0.305 e. The van der Waals surface area contributed by atoms with Crippen LogP contribution >= 0.6 is 0 Å². The highest BCUT2D eigenvalue weighted by molar-refractivity contribution is 6.00. The van der Waals surface area contributed by atoms with Crippen LogP contribution in [-0.4, -0.2) is 12.4 Å². The molecule has 1 N–H and O–H groups in total. The van der Waals surface area contributed by atoms with Crippen LogP contribution in [0.25, 0.3) is 0 Å². The van der Waals surface area contributed by atoms with Gasteiger partial charge >= 0.3 is 0 Å². The van der Waals surface area contributed by atoms with Gasteiger partial charge < -0.3 is 5.41 Å². The van der Waals surface area contributed by atoms with Crippen LogP contribution in [0.4, 0.5) is 0 Å². The van der Waals surface area contributed by atoms with Gasteiger partial charge in [-0.2, -0.15) is 0 Å². The van der Waals surface area contributed by atoms with Crippen molar-refractivity contribution in [2.75, 3.05) is 0 Å². The van der Waals surface area contributed by atoms with Crippen LogP contribution in [0.15, 0.2) is 40.1 Å². The average Bonchev–Trinajstić information content (AvgIpc) is 2.02. The second-order valence-corrected chi connectivity index (χ2v) is 3.54. The molecule has 0 aliphatic carbocycles. The number of hydrogen-bond acceptors (Lipinski definition) is 2. The summed E-state index contributed by atoms with van der Waals surface area (Å²) in [6.07, 6.45) is 1.86. The molecule has 0 aromatic heterocycles. The van der Waals surface area contributed by atoms with Gasteiger partial charge in [0.1, 0.15) is 0 Å². The number of rotatable bonds is 4. The zero-order chi connectivity index (χ0) is 11.3. The van der Waals surface area contributed by atoms with Gasteiger partial charge in [0.25, 0.3) is 0 Å². The monoisotopic (exact) mass is 190 g/mol. The molecular weight excluding hydrogens is 172 g/mol. The standard InChI is InChI=1S/C12H18N2/c1-8(2)7-11(10(5)13)12(14-6)9(3)4/h7,13H,1,6H2,2-5H3/b11-7-,13-10?. The van der Waals surface area contributed by atoms with Crippen molar-refractivity contribution in [1.29, 1.82) is 5.41 Å². The zero-order valence-electron chi connectivity index (χ0n) is 9.44. The van der Waals surface area contributed by atoms with Gasteiger partial charge in [-0.1, -0.05) is 17.7 Å². The summed E-state index contributed by atoms with van der Waals surface area (Å²) < 4.78 is 0. The Labute approximate surface area is 86.3 Å². The fraction of sp³-hybridized carbons (Fsp3) is 0.333. The number of nitrogens with one attached hydrogen (secondary N) is 1. The van der Waals surface area contributed by atoms with E-state index in [4.69, 9.17) is 5.41 Å². The highest BCUT2D eigenvalue weighted by Gasteiger charge is 2.07. The summed E-state index contributed by atoms with van der Waals surface area (Å²) >= 11 is 0. The maximum Gasteiger partial charge on any atom is 0.0699 e. The van der Waals surface area contributed by atoms with Crippen molar-refractivity contribution in [3.63, 3.8) is 0 Å². The largest absolute Gasteiger partial charge is 0.305 e. The highest BCUT2D eigenvalue weighted by atomic mass is 14.7. The summed E-state index contributed by atoms with van der Waals surface area (Å²) in [5, 5.41) is 7.64. The molecule has 14 heavy (non-hydrogen) atoms. The molecule has 76 valence electrons. The van der Waals surface area contributed by atoms with Crippen LogP contribution < -0.4 is 0 Å². The van der Waals surface area contributed by atoms with Crippen molar-refractivity contribution >= 4 is 12.4 Å². The molecule has 0 amide bonds. The Morgan fingerprint density at radius 2 is 1.71 bits per heavy atom. The maximum absolute atomic E-state index is 7.64. The predicted molar refractivity (Wildman–Crippen MR) is 64.2 cm³/mol. The molecular formula is C12H18N2. The van der Waals surface area contributed by atoms with Crippen molar-refractivity contribution in [2.24, 2.45) is 4.99 Å². The molecule has 0 spiro atoms. The second kappa shape index (κ2) is 5.32. The topological polar surface area (TPSA) is 36.2 Å². The van der Waals surface area contributed by atoms with E-state index in [1.165, 1.54) is 0 Å². The smallest absolute Gasteiger partial charge is 0.0699 e. The molecule has 0 unspecified atom stereocenters. The van der Waals surface area contributed by atoms with Crippen LogP contribution in [0.3, 0.4) is 0 Å². The molecule has 0 fully saturated rings. The first-order valence-electron chi connectivity index (χ1n) is 4.47. The first-order valence-corrected chi connectivity index (χ1v) is 4.47. The molecule has 0 aliphatic heterocycles. The summed E-state index contributed by atoms with van der Waals surface area (Å²) in [5.74, 6) is 0. The van der Waals surface area contributed by atoms with Gasteiger partial charge in [-0.15, -0.1) is 0 Å². The Morgan fingerprint density at radius 3 is 1.93 bits per heavy atom. The summed E-state index contributed by atoms with van der Waals surface area (Å²) in [6.45, 7) is 14.9. The molecule has 0 saturated carbocycles. The lowest BCUT2D eigenvalue weighted by Gasteiger charge is -2.08. The predicted octanol–water partition coefficient (Wildman–Crippen LogP) is 3.52. The lowest BCUT2D eigenvalue weighted by molar-refractivity contribution is 1.22. The van der Waals surface area contributed by atoms with E-state index in [1.807, 2.05) is 26.8 Å². The molecule has 0 saturated heterocycles. The lowest BCUT2D eigenvalue weighted by atomic mass is 10.0. The number of allylic oxidation sites excluding steroid dienone is 4. The highest BCUT2D eigenvalue weighted by Crippen LogP contribution is 2.18. The van der Waals surface area contributed by atoms with E-state index in [0.29, 0.717) is 5.71 Å². The van der Waals surface area contributed by atoms with E-state index in [2.05, 4.69) is 18.3 Å². The van der Waals surface area contributed by atoms with Crippen LogP contribution in [0.1, 0.15) is 27.7 Å². The molecule has 0 rings (SSSR count). The van der Waals surface area contributed by atoms with E-state index in [0.717, 1.165) is 22.4 Å². The Morgan fingerprint density at radius 1 is 1.21 bits per heavy atom. The maximum atomic E-state index is 7.64. The molecule has 2 nitrogen and oxygen atoms in total. The molecule has 2 heteroatoms. The molecule has 0 heterocycles. The van der Waals surface area contributed by atoms with Crippen molar-refractivity contribution in [3.05, 3.63) is 35.1 Å². The van der Waals surface area contributed by atoms with E-state index in [-0.39, 0.29) is 0 Å². The molecule has 0 radical (unpaired) electrons. The van der Waals surface area contributed by atoms with E-state index in [9.17, 15) is 0 Å². The Balaban J connectivity index is 5.44. The van der Waals surface area contributed by atoms with Crippen LogP contribution in [-0.2, 0) is 0 Å². The molecule has 0 bridgehead atoms. The van der Waals surface area contributed by atoms with E-state index in [1.54, 1.807) is 6.92 Å². The van der Waals surface area contributed by atoms with Gasteiger partial charge in [-0.25, -0.2) is 0 Å². The first-order chi connectivity index (χ1) is 6.40. The number of nitrogens with zero attached hydrogens (tertiary/aromatic N) is 1. The Kier molecular flexibility index (Phi) is 4.78. The lowest BCUT2D eigenvalue weighted by Crippen LogP contribution is -2.00. The van der Waals surface area contributed by atoms with Crippen LogP contribution in [0.2, 0.25) is 0 Å². The van der Waals surface area contributed by atoms with Crippen molar-refractivity contribution in [1.82, 2.24) is 0 Å². The van der Waals surface area contributed by atoms with Gasteiger partial charge in [-0.3, -0.25) is 4.99 Å². The summed E-state index contributed by atoms with van der Waals surface area (Å²) in [4.78, 5) is 3.94. The molecule has 0 aliphatic rings. The average molecular weight is 190 g/mol. The van der Waals surface area contributed by atoms with Gasteiger partial charge in [0, 0.05) is 11.3 Å². The zero-order valence-corrected chi connectivity index (χ0v) is 9.44.